The van der Waals surface area contributed by atoms with Gasteiger partial charge in [-0.1, -0.05) is 6.08 Å². The Kier molecular flexibility index (Phi) is 6.37. The molecule has 1 aromatic rings. The molecular formula is C19H19NO7. The van der Waals surface area contributed by atoms with Crippen molar-refractivity contribution in [2.45, 2.75) is 0 Å². The highest BCUT2D eigenvalue weighted by Crippen LogP contribution is 2.31. The Morgan fingerprint density at radius 1 is 0.852 bits per heavy atom. The summed E-state index contributed by atoms with van der Waals surface area (Å²) in [5, 5.41) is 0. The lowest BCUT2D eigenvalue weighted by molar-refractivity contribution is -0.139. The number of carbonyl (C=O) groups is 3. The van der Waals surface area contributed by atoms with Crippen LogP contribution < -0.4 is 9.64 Å². The third kappa shape index (κ3) is 4.00. The Labute approximate surface area is 156 Å². The molecule has 0 aliphatic carbocycles. The molecule has 1 heterocycles. The van der Waals surface area contributed by atoms with Crippen molar-refractivity contribution in [3.05, 3.63) is 59.5 Å². The number of nitrogens with zero attached hydrogens (tertiary/aromatic N) is 1. The zero-order valence-corrected chi connectivity index (χ0v) is 15.3. The van der Waals surface area contributed by atoms with Crippen LogP contribution in [0.2, 0.25) is 0 Å². The van der Waals surface area contributed by atoms with E-state index in [1.807, 2.05) is 0 Å². The van der Waals surface area contributed by atoms with Gasteiger partial charge in [0.2, 0.25) is 0 Å². The van der Waals surface area contributed by atoms with Crippen LogP contribution in [-0.2, 0) is 23.8 Å². The fourth-order valence-electron chi connectivity index (χ4n) is 2.47. The number of allylic oxidation sites excluding steroid dienone is 2. The monoisotopic (exact) mass is 373 g/mol. The van der Waals surface area contributed by atoms with Crippen LogP contribution in [0.5, 0.6) is 5.75 Å². The largest absolute Gasteiger partial charge is 0.496 e. The van der Waals surface area contributed by atoms with E-state index in [2.05, 4.69) is 0 Å². The van der Waals surface area contributed by atoms with Crippen LogP contribution in [0.25, 0.3) is 0 Å². The molecule has 0 atom stereocenters. The maximum atomic E-state index is 12.4. The predicted molar refractivity (Wildman–Crippen MR) is 96.2 cm³/mol. The predicted octanol–water partition coefficient (Wildman–Crippen LogP) is 1.97. The van der Waals surface area contributed by atoms with E-state index in [0.29, 0.717) is 5.69 Å². The molecule has 8 nitrogen and oxygen atoms in total. The van der Waals surface area contributed by atoms with Gasteiger partial charge in [0.05, 0.1) is 34.0 Å². The standard InChI is InChI=1S/C19H19NO7/c1-24-15-11-12(8-9-13(15)17(21)25-2)20-10-6-5-7-14(18(22)26-3)16(20)19(23)27-4/h5-11H,1-4H3. The second kappa shape index (κ2) is 8.70. The van der Waals surface area contributed by atoms with E-state index in [1.54, 1.807) is 30.5 Å². The molecule has 0 amide bonds. The minimum atomic E-state index is -0.734. The summed E-state index contributed by atoms with van der Waals surface area (Å²) in [6.07, 6.45) is 6.26. The Morgan fingerprint density at radius 2 is 1.52 bits per heavy atom. The first kappa shape index (κ1) is 19.8. The summed E-state index contributed by atoms with van der Waals surface area (Å²) in [5.74, 6) is -1.75. The summed E-state index contributed by atoms with van der Waals surface area (Å²) in [6, 6.07) is 4.63. The van der Waals surface area contributed by atoms with Crippen LogP contribution >= 0.6 is 0 Å². The highest BCUT2D eigenvalue weighted by molar-refractivity contribution is 6.05. The third-order valence-corrected chi connectivity index (χ3v) is 3.76. The molecule has 1 aromatic carbocycles. The maximum Gasteiger partial charge on any atom is 0.355 e. The van der Waals surface area contributed by atoms with Gasteiger partial charge in [-0.05, 0) is 24.3 Å². The molecule has 0 spiro atoms. The zero-order valence-electron chi connectivity index (χ0n) is 15.3. The van der Waals surface area contributed by atoms with Crippen molar-refractivity contribution in [2.24, 2.45) is 0 Å². The van der Waals surface area contributed by atoms with Crippen molar-refractivity contribution < 1.29 is 33.3 Å². The van der Waals surface area contributed by atoms with Crippen molar-refractivity contribution in [2.75, 3.05) is 33.3 Å². The number of anilines is 1. The third-order valence-electron chi connectivity index (χ3n) is 3.76. The highest BCUT2D eigenvalue weighted by atomic mass is 16.5. The van der Waals surface area contributed by atoms with Gasteiger partial charge in [-0.2, -0.15) is 0 Å². The lowest BCUT2D eigenvalue weighted by Gasteiger charge is -2.23. The van der Waals surface area contributed by atoms with Crippen molar-refractivity contribution in [3.63, 3.8) is 0 Å². The Hall–Kier alpha value is -3.55. The average Bonchev–Trinajstić information content (AvgIpc) is 2.94. The molecule has 142 valence electrons. The Morgan fingerprint density at radius 3 is 2.11 bits per heavy atom. The van der Waals surface area contributed by atoms with Gasteiger partial charge >= 0.3 is 17.9 Å². The normalized spacial score (nSPS) is 13.1. The van der Waals surface area contributed by atoms with E-state index >= 15 is 0 Å². The van der Waals surface area contributed by atoms with Gasteiger partial charge in [0.1, 0.15) is 17.0 Å². The summed E-state index contributed by atoms with van der Waals surface area (Å²) < 4.78 is 19.6. The first-order chi connectivity index (χ1) is 13.0. The van der Waals surface area contributed by atoms with Crippen LogP contribution in [0.1, 0.15) is 10.4 Å². The van der Waals surface area contributed by atoms with E-state index < -0.39 is 17.9 Å². The van der Waals surface area contributed by atoms with E-state index in [4.69, 9.17) is 18.9 Å². The van der Waals surface area contributed by atoms with Gasteiger partial charge in [0.25, 0.3) is 0 Å². The first-order valence-electron chi connectivity index (χ1n) is 7.79. The molecule has 0 fully saturated rings. The Bertz CT molecular complexity index is 852. The molecule has 0 aromatic heterocycles. The van der Waals surface area contributed by atoms with Gasteiger partial charge in [-0.15, -0.1) is 0 Å². The van der Waals surface area contributed by atoms with Gasteiger partial charge in [-0.3, -0.25) is 0 Å². The summed E-state index contributed by atoms with van der Waals surface area (Å²) in [5.41, 5.74) is 0.659. The summed E-state index contributed by atoms with van der Waals surface area (Å²) in [4.78, 5) is 37.9. The molecule has 1 aliphatic heterocycles. The number of carbonyl (C=O) groups excluding carboxylic acids is 3. The van der Waals surface area contributed by atoms with Crippen LogP contribution in [0, 0.1) is 0 Å². The first-order valence-corrected chi connectivity index (χ1v) is 7.79. The second-order valence-corrected chi connectivity index (χ2v) is 5.19. The number of rotatable bonds is 5. The molecule has 0 bridgehead atoms. The summed E-state index contributed by atoms with van der Waals surface area (Å²) in [6.45, 7) is 0. The lowest BCUT2D eigenvalue weighted by Crippen LogP contribution is -2.27. The quantitative estimate of drug-likeness (QED) is 0.571. The van der Waals surface area contributed by atoms with Crippen LogP contribution in [0.4, 0.5) is 5.69 Å². The minimum absolute atomic E-state index is 0.0189. The van der Waals surface area contributed by atoms with Crippen LogP contribution in [-0.4, -0.2) is 46.3 Å². The topological polar surface area (TPSA) is 91.4 Å². The average molecular weight is 373 g/mol. The minimum Gasteiger partial charge on any atom is -0.496 e. The molecule has 27 heavy (non-hydrogen) atoms. The number of hydrogen-bond donors (Lipinski definition) is 0. The zero-order chi connectivity index (χ0) is 20.0. The molecule has 0 radical (unpaired) electrons. The maximum absolute atomic E-state index is 12.4. The number of esters is 3. The highest BCUT2D eigenvalue weighted by Gasteiger charge is 2.28. The van der Waals surface area contributed by atoms with E-state index in [0.717, 1.165) is 0 Å². The molecule has 0 unspecified atom stereocenters. The molecular weight excluding hydrogens is 354 g/mol. The van der Waals surface area contributed by atoms with Crippen LogP contribution in [0.15, 0.2) is 53.9 Å². The smallest absolute Gasteiger partial charge is 0.355 e. The van der Waals surface area contributed by atoms with Gasteiger partial charge in [0.15, 0.2) is 0 Å². The number of hydrogen-bond acceptors (Lipinski definition) is 8. The van der Waals surface area contributed by atoms with Gasteiger partial charge in [-0.25, -0.2) is 14.4 Å². The molecule has 8 heteroatoms. The molecule has 0 saturated carbocycles. The van der Waals surface area contributed by atoms with Crippen LogP contribution in [0.3, 0.4) is 0 Å². The molecule has 0 N–H and O–H groups in total. The molecule has 1 aliphatic rings. The van der Waals surface area contributed by atoms with Crippen molar-refractivity contribution in [1.82, 2.24) is 0 Å². The second-order valence-electron chi connectivity index (χ2n) is 5.19. The van der Waals surface area contributed by atoms with Crippen molar-refractivity contribution in [3.8, 4) is 5.75 Å². The fourth-order valence-corrected chi connectivity index (χ4v) is 2.47. The summed E-state index contributed by atoms with van der Waals surface area (Å²) >= 11 is 0. The summed E-state index contributed by atoms with van der Waals surface area (Å²) in [7, 11) is 5.10. The Balaban J connectivity index is 2.65. The van der Waals surface area contributed by atoms with Crippen molar-refractivity contribution >= 4 is 23.6 Å². The van der Waals surface area contributed by atoms with Crippen molar-refractivity contribution in [1.29, 1.82) is 0 Å². The van der Waals surface area contributed by atoms with E-state index in [-0.39, 0.29) is 22.6 Å². The van der Waals surface area contributed by atoms with E-state index in [9.17, 15) is 14.4 Å². The number of ether oxygens (including phenoxy) is 4. The fraction of sp³-hybridized carbons (Fsp3) is 0.211. The number of methoxy groups -OCH3 is 4. The van der Waals surface area contributed by atoms with E-state index in [1.165, 1.54) is 45.5 Å². The molecule has 2 rings (SSSR count). The SMILES string of the molecule is COC(=O)C1=C(C(=O)OC)N(c2ccc(C(=O)OC)c(OC)c2)C=CC=C1. The lowest BCUT2D eigenvalue weighted by atomic mass is 10.1. The van der Waals surface area contributed by atoms with Gasteiger partial charge in [0, 0.05) is 18.0 Å². The number of benzene rings is 1. The molecule has 0 saturated heterocycles. The van der Waals surface area contributed by atoms with Gasteiger partial charge < -0.3 is 23.8 Å².